The molecule has 0 saturated heterocycles. The molecule has 6 nitrogen and oxygen atoms in total. The smallest absolute Gasteiger partial charge is 0.230 e. The first-order valence-corrected chi connectivity index (χ1v) is 10.6. The van der Waals surface area contributed by atoms with E-state index in [0.717, 1.165) is 36.1 Å². The van der Waals surface area contributed by atoms with Crippen molar-refractivity contribution in [2.24, 2.45) is 0 Å². The molecular formula is C20H28N4O2S. The number of nitrogens with zero attached hydrogens (tertiary/aromatic N) is 3. The van der Waals surface area contributed by atoms with Crippen molar-refractivity contribution in [3.05, 3.63) is 35.2 Å². The third-order valence-electron chi connectivity index (χ3n) is 4.73. The molecule has 0 radical (unpaired) electrons. The number of carbonyl (C=O) groups is 1. The summed E-state index contributed by atoms with van der Waals surface area (Å²) in [6, 6.07) is 6.50. The number of aryl methyl sites for hydroxylation is 2. The maximum absolute atomic E-state index is 12.1. The summed E-state index contributed by atoms with van der Waals surface area (Å²) >= 11 is 1.43. The van der Waals surface area contributed by atoms with Crippen molar-refractivity contribution in [2.45, 2.75) is 70.8 Å². The number of rotatable bonds is 8. The van der Waals surface area contributed by atoms with Gasteiger partial charge >= 0.3 is 0 Å². The van der Waals surface area contributed by atoms with Gasteiger partial charge in [-0.3, -0.25) is 4.79 Å². The van der Waals surface area contributed by atoms with Crippen LogP contribution in [0.15, 0.2) is 23.4 Å². The number of thioether (sulfide) groups is 1. The molecule has 27 heavy (non-hydrogen) atoms. The Bertz CT molecular complexity index is 764. The maximum Gasteiger partial charge on any atom is 0.230 e. The molecule has 2 aromatic rings. The molecule has 0 bridgehead atoms. The number of hydrogen-bond acceptors (Lipinski definition) is 5. The van der Waals surface area contributed by atoms with Crippen LogP contribution < -0.4 is 10.1 Å². The SMILES string of the molecule is CCn1c(COc2cc(C)cc(C)c2)nnc1SCC(=O)NC1CCCC1. The molecule has 146 valence electrons. The van der Waals surface area contributed by atoms with Crippen LogP contribution in [0.1, 0.15) is 49.6 Å². The highest BCUT2D eigenvalue weighted by Gasteiger charge is 2.18. The van der Waals surface area contributed by atoms with E-state index >= 15 is 0 Å². The Morgan fingerprint density at radius 2 is 1.93 bits per heavy atom. The Hall–Kier alpha value is -2.02. The summed E-state index contributed by atoms with van der Waals surface area (Å²) in [5.41, 5.74) is 2.35. The first-order valence-electron chi connectivity index (χ1n) is 9.60. The molecule has 7 heteroatoms. The van der Waals surface area contributed by atoms with Gasteiger partial charge in [-0.25, -0.2) is 0 Å². The van der Waals surface area contributed by atoms with Crippen LogP contribution >= 0.6 is 11.8 Å². The molecule has 1 aromatic heterocycles. The fraction of sp³-hybridized carbons (Fsp3) is 0.550. The van der Waals surface area contributed by atoms with E-state index in [2.05, 4.69) is 35.4 Å². The van der Waals surface area contributed by atoms with E-state index in [1.165, 1.54) is 35.7 Å². The Morgan fingerprint density at radius 1 is 1.22 bits per heavy atom. The van der Waals surface area contributed by atoms with Crippen LogP contribution in [0.4, 0.5) is 0 Å². The van der Waals surface area contributed by atoms with E-state index in [4.69, 9.17) is 4.74 Å². The molecule has 0 spiro atoms. The summed E-state index contributed by atoms with van der Waals surface area (Å²) in [4.78, 5) is 12.1. The van der Waals surface area contributed by atoms with Gasteiger partial charge in [0.05, 0.1) is 5.75 Å². The molecular weight excluding hydrogens is 360 g/mol. The summed E-state index contributed by atoms with van der Waals surface area (Å²) in [7, 11) is 0. The van der Waals surface area contributed by atoms with Crippen LogP contribution in [0.5, 0.6) is 5.75 Å². The lowest BCUT2D eigenvalue weighted by Crippen LogP contribution is -2.33. The monoisotopic (exact) mass is 388 g/mol. The highest BCUT2D eigenvalue weighted by molar-refractivity contribution is 7.99. The zero-order chi connectivity index (χ0) is 19.2. The highest BCUT2D eigenvalue weighted by Crippen LogP contribution is 2.21. The number of hydrogen-bond donors (Lipinski definition) is 1. The van der Waals surface area contributed by atoms with E-state index in [0.29, 0.717) is 18.4 Å². The lowest BCUT2D eigenvalue weighted by Gasteiger charge is -2.12. The molecule has 1 amide bonds. The summed E-state index contributed by atoms with van der Waals surface area (Å²) < 4.78 is 7.92. The second-order valence-corrected chi connectivity index (χ2v) is 8.04. The average molecular weight is 389 g/mol. The second kappa shape index (κ2) is 9.26. The van der Waals surface area contributed by atoms with E-state index in [9.17, 15) is 4.79 Å². The van der Waals surface area contributed by atoms with Crippen molar-refractivity contribution in [1.29, 1.82) is 0 Å². The van der Waals surface area contributed by atoms with Gasteiger partial charge in [0.15, 0.2) is 11.0 Å². The molecule has 1 aliphatic rings. The van der Waals surface area contributed by atoms with Gasteiger partial charge in [-0.05, 0) is 56.9 Å². The van der Waals surface area contributed by atoms with Crippen LogP contribution in [0.25, 0.3) is 0 Å². The predicted octanol–water partition coefficient (Wildman–Crippen LogP) is 3.64. The fourth-order valence-electron chi connectivity index (χ4n) is 3.48. The molecule has 0 unspecified atom stereocenters. The Labute approximate surface area is 165 Å². The predicted molar refractivity (Wildman–Crippen MR) is 107 cm³/mol. The minimum absolute atomic E-state index is 0.0746. The van der Waals surface area contributed by atoms with Crippen molar-refractivity contribution >= 4 is 17.7 Å². The second-order valence-electron chi connectivity index (χ2n) is 7.09. The third-order valence-corrected chi connectivity index (χ3v) is 5.69. The molecule has 1 aliphatic carbocycles. The van der Waals surface area contributed by atoms with Crippen molar-refractivity contribution in [2.75, 3.05) is 5.75 Å². The number of amides is 1. The lowest BCUT2D eigenvalue weighted by atomic mass is 10.1. The van der Waals surface area contributed by atoms with Crippen LogP contribution in [0, 0.1) is 13.8 Å². The highest BCUT2D eigenvalue weighted by atomic mass is 32.2. The van der Waals surface area contributed by atoms with Gasteiger partial charge in [0, 0.05) is 12.6 Å². The normalized spacial score (nSPS) is 14.5. The minimum Gasteiger partial charge on any atom is -0.486 e. The van der Waals surface area contributed by atoms with Gasteiger partial charge in [-0.1, -0.05) is 30.7 Å². The molecule has 1 saturated carbocycles. The van der Waals surface area contributed by atoms with Gasteiger partial charge in [0.1, 0.15) is 12.4 Å². The topological polar surface area (TPSA) is 69.0 Å². The summed E-state index contributed by atoms with van der Waals surface area (Å²) in [5, 5.41) is 12.4. The minimum atomic E-state index is 0.0746. The first kappa shape index (κ1) is 19.7. The Kier molecular flexibility index (Phi) is 6.77. The number of ether oxygens (including phenoxy) is 1. The lowest BCUT2D eigenvalue weighted by molar-refractivity contribution is -0.119. The van der Waals surface area contributed by atoms with Crippen molar-refractivity contribution < 1.29 is 9.53 Å². The number of carbonyl (C=O) groups excluding carboxylic acids is 1. The fourth-order valence-corrected chi connectivity index (χ4v) is 4.32. The quantitative estimate of drug-likeness (QED) is 0.699. The van der Waals surface area contributed by atoms with Gasteiger partial charge in [-0.15, -0.1) is 10.2 Å². The maximum atomic E-state index is 12.1. The zero-order valence-corrected chi connectivity index (χ0v) is 17.1. The molecule has 1 aromatic carbocycles. The third kappa shape index (κ3) is 5.48. The van der Waals surface area contributed by atoms with Gasteiger partial charge < -0.3 is 14.6 Å². The zero-order valence-electron chi connectivity index (χ0n) is 16.3. The van der Waals surface area contributed by atoms with E-state index in [-0.39, 0.29) is 5.91 Å². The number of nitrogens with one attached hydrogen (secondary N) is 1. The van der Waals surface area contributed by atoms with Gasteiger partial charge in [-0.2, -0.15) is 0 Å². The van der Waals surface area contributed by atoms with Gasteiger partial charge in [0.25, 0.3) is 0 Å². The van der Waals surface area contributed by atoms with Crippen LogP contribution in [-0.2, 0) is 17.9 Å². The van der Waals surface area contributed by atoms with E-state index in [1.54, 1.807) is 0 Å². The molecule has 1 fully saturated rings. The number of benzene rings is 1. The van der Waals surface area contributed by atoms with Crippen LogP contribution in [-0.4, -0.2) is 32.5 Å². The van der Waals surface area contributed by atoms with E-state index < -0.39 is 0 Å². The Balaban J connectivity index is 1.56. The molecule has 1 N–H and O–H groups in total. The molecule has 3 rings (SSSR count). The number of aromatic nitrogens is 3. The Morgan fingerprint density at radius 3 is 2.59 bits per heavy atom. The van der Waals surface area contributed by atoms with Crippen molar-refractivity contribution in [3.8, 4) is 5.75 Å². The van der Waals surface area contributed by atoms with Gasteiger partial charge in [0.2, 0.25) is 5.91 Å². The standard InChI is InChI=1S/C20H28N4O2S/c1-4-24-18(12-26-17-10-14(2)9-15(3)11-17)22-23-20(24)27-13-19(25)21-16-7-5-6-8-16/h9-11,16H,4-8,12-13H2,1-3H3,(H,21,25). The van der Waals surface area contributed by atoms with Crippen molar-refractivity contribution in [3.63, 3.8) is 0 Å². The summed E-state index contributed by atoms with van der Waals surface area (Å²) in [6.07, 6.45) is 4.63. The molecule has 0 aliphatic heterocycles. The van der Waals surface area contributed by atoms with E-state index in [1.807, 2.05) is 23.6 Å². The average Bonchev–Trinajstić information content (AvgIpc) is 3.26. The summed E-state index contributed by atoms with van der Waals surface area (Å²) in [6.45, 7) is 7.26. The molecule has 1 heterocycles. The largest absolute Gasteiger partial charge is 0.486 e. The molecule has 0 atom stereocenters. The first-order chi connectivity index (χ1) is 13.0. The van der Waals surface area contributed by atoms with Crippen LogP contribution in [0.2, 0.25) is 0 Å². The van der Waals surface area contributed by atoms with Crippen molar-refractivity contribution in [1.82, 2.24) is 20.1 Å². The van der Waals surface area contributed by atoms with Crippen LogP contribution in [0.3, 0.4) is 0 Å². The summed E-state index contributed by atoms with van der Waals surface area (Å²) in [5.74, 6) is 2.05.